The summed E-state index contributed by atoms with van der Waals surface area (Å²) in [7, 11) is 0. The van der Waals surface area contributed by atoms with E-state index in [1.165, 1.54) is 19.3 Å². The van der Waals surface area contributed by atoms with Crippen molar-refractivity contribution < 1.29 is 4.79 Å². The molecule has 1 aliphatic heterocycles. The largest absolute Gasteiger partial charge is 0.366 e. The number of unbranched alkanes of at least 4 members (excludes halogenated alkanes) is 3. The van der Waals surface area contributed by atoms with E-state index in [9.17, 15) is 4.79 Å². The Hall–Kier alpha value is -1.98. The predicted molar refractivity (Wildman–Crippen MR) is 106 cm³/mol. The first-order valence-corrected chi connectivity index (χ1v) is 9.56. The second-order valence-electron chi connectivity index (χ2n) is 6.46. The summed E-state index contributed by atoms with van der Waals surface area (Å²) < 4.78 is 1.80. The Morgan fingerprint density at radius 2 is 2.04 bits per heavy atom. The molecule has 0 saturated heterocycles. The third-order valence-corrected chi connectivity index (χ3v) is 5.27. The van der Waals surface area contributed by atoms with Gasteiger partial charge in [0.1, 0.15) is 11.9 Å². The highest BCUT2D eigenvalue weighted by molar-refractivity contribution is 6.42. The van der Waals surface area contributed by atoms with Crippen LogP contribution in [-0.2, 0) is 11.2 Å². The van der Waals surface area contributed by atoms with Crippen LogP contribution in [0.15, 0.2) is 36.0 Å². The van der Waals surface area contributed by atoms with Crippen molar-refractivity contribution in [3.63, 3.8) is 0 Å². The van der Waals surface area contributed by atoms with Crippen molar-refractivity contribution in [2.75, 3.05) is 5.32 Å². The number of halogens is 2. The zero-order valence-corrected chi connectivity index (χ0v) is 16.1. The number of anilines is 1. The number of fused-ring (bicyclic) bond motifs is 1. The lowest BCUT2D eigenvalue weighted by Crippen LogP contribution is -2.29. The third kappa shape index (κ3) is 3.89. The molecule has 0 fully saturated rings. The Bertz CT molecular complexity index is 844. The van der Waals surface area contributed by atoms with Crippen LogP contribution in [0.5, 0.6) is 0 Å². The van der Waals surface area contributed by atoms with Crippen LogP contribution in [0.4, 0.5) is 5.82 Å². The summed E-state index contributed by atoms with van der Waals surface area (Å²) in [5.41, 5.74) is 7.83. The maximum atomic E-state index is 12.0. The van der Waals surface area contributed by atoms with Gasteiger partial charge in [0.05, 0.1) is 21.3 Å². The molecular weight excluding hydrogens is 371 g/mol. The molecule has 0 saturated carbocycles. The van der Waals surface area contributed by atoms with Gasteiger partial charge in [-0.15, -0.1) is 0 Å². The summed E-state index contributed by atoms with van der Waals surface area (Å²) in [4.78, 5) is 12.0. The molecule has 5 nitrogen and oxygen atoms in total. The molecule has 2 heterocycles. The first-order chi connectivity index (χ1) is 12.5. The molecule has 1 aromatic heterocycles. The molecular formula is C19H22Cl2N4O. The number of rotatable bonds is 7. The van der Waals surface area contributed by atoms with E-state index in [1.807, 2.05) is 12.1 Å². The molecule has 1 unspecified atom stereocenters. The van der Waals surface area contributed by atoms with Crippen molar-refractivity contribution in [1.29, 1.82) is 0 Å². The molecule has 26 heavy (non-hydrogen) atoms. The Morgan fingerprint density at radius 1 is 1.23 bits per heavy atom. The Balaban J connectivity index is 1.93. The third-order valence-electron chi connectivity index (χ3n) is 4.53. The Morgan fingerprint density at radius 3 is 2.73 bits per heavy atom. The molecule has 2 aromatic rings. The number of primary amides is 1. The number of nitrogens with zero attached hydrogens (tertiary/aromatic N) is 2. The molecule has 1 aliphatic rings. The van der Waals surface area contributed by atoms with Crippen molar-refractivity contribution >= 4 is 34.9 Å². The van der Waals surface area contributed by atoms with Crippen molar-refractivity contribution in [2.45, 2.75) is 45.1 Å². The van der Waals surface area contributed by atoms with Crippen LogP contribution >= 0.6 is 23.2 Å². The van der Waals surface area contributed by atoms with Crippen LogP contribution in [0, 0.1) is 0 Å². The van der Waals surface area contributed by atoms with Gasteiger partial charge in [-0.3, -0.25) is 4.79 Å². The van der Waals surface area contributed by atoms with Gasteiger partial charge in [0.2, 0.25) is 5.91 Å². The van der Waals surface area contributed by atoms with E-state index in [1.54, 1.807) is 23.0 Å². The highest BCUT2D eigenvalue weighted by Gasteiger charge is 2.29. The summed E-state index contributed by atoms with van der Waals surface area (Å²) in [6.45, 7) is 2.19. The summed E-state index contributed by atoms with van der Waals surface area (Å²) in [5, 5.41) is 8.74. The van der Waals surface area contributed by atoms with Gasteiger partial charge in [0.25, 0.3) is 0 Å². The van der Waals surface area contributed by atoms with E-state index in [0.29, 0.717) is 15.6 Å². The average Bonchev–Trinajstić information content (AvgIpc) is 3.03. The number of aryl methyl sites for hydroxylation is 1. The molecule has 0 aliphatic carbocycles. The van der Waals surface area contributed by atoms with E-state index in [2.05, 4.69) is 12.2 Å². The van der Waals surface area contributed by atoms with Crippen LogP contribution in [0.25, 0.3) is 0 Å². The topological polar surface area (TPSA) is 72.9 Å². The first kappa shape index (κ1) is 18.8. The van der Waals surface area contributed by atoms with Crippen LogP contribution in [0.2, 0.25) is 10.0 Å². The molecule has 0 spiro atoms. The van der Waals surface area contributed by atoms with Crippen LogP contribution in [0.1, 0.15) is 49.9 Å². The fourth-order valence-corrected chi connectivity index (χ4v) is 3.48. The maximum absolute atomic E-state index is 12.0. The predicted octanol–water partition coefficient (Wildman–Crippen LogP) is 4.70. The molecule has 3 rings (SSSR count). The van der Waals surface area contributed by atoms with Gasteiger partial charge >= 0.3 is 0 Å². The van der Waals surface area contributed by atoms with E-state index >= 15 is 0 Å². The monoisotopic (exact) mass is 392 g/mol. The van der Waals surface area contributed by atoms with Gasteiger partial charge in [-0.1, -0.05) is 55.5 Å². The zero-order valence-electron chi connectivity index (χ0n) is 14.6. The second kappa shape index (κ2) is 8.14. The lowest BCUT2D eigenvalue weighted by Gasteiger charge is -2.26. The summed E-state index contributed by atoms with van der Waals surface area (Å²) >= 11 is 12.2. The number of benzene rings is 1. The summed E-state index contributed by atoms with van der Waals surface area (Å²) in [5.74, 6) is 0.329. The Kier molecular flexibility index (Phi) is 5.89. The highest BCUT2D eigenvalue weighted by Crippen LogP contribution is 2.35. The second-order valence-corrected chi connectivity index (χ2v) is 7.27. The number of amides is 1. The molecule has 7 heteroatoms. The number of hydrogen-bond donors (Lipinski definition) is 2. The van der Waals surface area contributed by atoms with Crippen LogP contribution in [0.3, 0.4) is 0 Å². The fourth-order valence-electron chi connectivity index (χ4n) is 3.18. The number of carbonyl (C=O) groups is 1. The van der Waals surface area contributed by atoms with Gasteiger partial charge in [-0.05, 0) is 30.5 Å². The number of nitrogens with one attached hydrogen (secondary N) is 1. The normalized spacial score (nSPS) is 16.0. The summed E-state index contributed by atoms with van der Waals surface area (Å²) in [6, 6.07) is 6.90. The number of carbonyl (C=O) groups excluding carboxylic acids is 1. The van der Waals surface area contributed by atoms with Crippen molar-refractivity contribution in [3.05, 3.63) is 57.3 Å². The minimum absolute atomic E-state index is 0.427. The fraction of sp³-hybridized carbons (Fsp3) is 0.368. The van der Waals surface area contributed by atoms with E-state index in [-0.39, 0.29) is 0 Å². The lowest BCUT2D eigenvalue weighted by molar-refractivity contribution is -0.115. The molecule has 0 radical (unpaired) electrons. The molecule has 1 amide bonds. The zero-order chi connectivity index (χ0) is 18.7. The minimum Gasteiger partial charge on any atom is -0.366 e. The molecule has 1 aromatic carbocycles. The van der Waals surface area contributed by atoms with Crippen molar-refractivity contribution in [3.8, 4) is 0 Å². The van der Waals surface area contributed by atoms with E-state index in [0.717, 1.165) is 29.9 Å². The maximum Gasteiger partial charge on any atom is 0.248 e. The molecule has 0 bridgehead atoms. The number of hydrogen-bond acceptors (Lipinski definition) is 3. The van der Waals surface area contributed by atoms with Crippen LogP contribution < -0.4 is 11.1 Å². The SMILES string of the molecule is CCCCCCc1cc2n(n1)C(c1ccc(Cl)c(Cl)c1)C(C(N)=O)=CN2. The smallest absolute Gasteiger partial charge is 0.248 e. The lowest BCUT2D eigenvalue weighted by atomic mass is 9.98. The molecule has 138 valence electrons. The first-order valence-electron chi connectivity index (χ1n) is 8.81. The molecule has 1 atom stereocenters. The van der Waals surface area contributed by atoms with Crippen molar-refractivity contribution in [1.82, 2.24) is 9.78 Å². The van der Waals surface area contributed by atoms with Gasteiger partial charge in [-0.2, -0.15) is 5.10 Å². The Labute approximate surface area is 163 Å². The van der Waals surface area contributed by atoms with E-state index in [4.69, 9.17) is 34.0 Å². The highest BCUT2D eigenvalue weighted by atomic mass is 35.5. The molecule has 3 N–H and O–H groups in total. The van der Waals surface area contributed by atoms with Crippen LogP contribution in [-0.4, -0.2) is 15.7 Å². The summed E-state index contributed by atoms with van der Waals surface area (Å²) in [6.07, 6.45) is 7.26. The van der Waals surface area contributed by atoms with Gasteiger partial charge in [0, 0.05) is 12.3 Å². The standard InChI is InChI=1S/C19H22Cl2N4O/c1-2-3-4-5-6-13-10-17-23-11-14(19(22)26)18(25(17)24-13)12-7-8-15(20)16(21)9-12/h7-11,18,23H,2-6H2,1H3,(H2,22,26). The van der Waals surface area contributed by atoms with Gasteiger partial charge < -0.3 is 11.1 Å². The van der Waals surface area contributed by atoms with Gasteiger partial charge in [-0.25, -0.2) is 4.68 Å². The number of aromatic nitrogens is 2. The average molecular weight is 393 g/mol. The number of nitrogens with two attached hydrogens (primary N) is 1. The van der Waals surface area contributed by atoms with E-state index < -0.39 is 11.9 Å². The van der Waals surface area contributed by atoms with Crippen molar-refractivity contribution in [2.24, 2.45) is 5.73 Å². The quantitative estimate of drug-likeness (QED) is 0.670. The van der Waals surface area contributed by atoms with Gasteiger partial charge in [0.15, 0.2) is 0 Å². The minimum atomic E-state index is -0.501.